The third-order valence-corrected chi connectivity index (χ3v) is 6.75. The van der Waals surface area contributed by atoms with Crippen molar-refractivity contribution in [1.82, 2.24) is 25.3 Å². The van der Waals surface area contributed by atoms with E-state index in [0.29, 0.717) is 24.6 Å². The Balaban J connectivity index is 1.33. The first-order chi connectivity index (χ1) is 17.6. The topological polar surface area (TPSA) is 73.5 Å². The molecule has 4 rings (SSSR count). The fourth-order valence-electron chi connectivity index (χ4n) is 4.82. The third-order valence-electron chi connectivity index (χ3n) is 6.75. The molecular weight excluding hydrogens is 450 g/mol. The maximum absolute atomic E-state index is 12.7. The van der Waals surface area contributed by atoms with E-state index in [-0.39, 0.29) is 5.91 Å². The Morgan fingerprint density at radius 2 is 2.06 bits per heavy atom. The largest absolute Gasteiger partial charge is 0.375 e. The molecule has 3 aromatic rings. The molecule has 1 unspecified atom stereocenters. The monoisotopic (exact) mass is 489 g/mol. The van der Waals surface area contributed by atoms with Gasteiger partial charge in [0.15, 0.2) is 0 Å². The summed E-state index contributed by atoms with van der Waals surface area (Å²) in [7, 11) is 4.08. The number of nitrogens with zero attached hydrogens (tertiary/aromatic N) is 3. The lowest BCUT2D eigenvalue weighted by Crippen LogP contribution is -2.36. The number of ether oxygens (including phenoxy) is 1. The zero-order valence-corrected chi connectivity index (χ0v) is 21.6. The van der Waals surface area contributed by atoms with Crippen molar-refractivity contribution in [2.45, 2.75) is 31.8 Å². The van der Waals surface area contributed by atoms with Crippen molar-refractivity contribution < 1.29 is 9.53 Å². The number of H-pyrrole nitrogens is 1. The van der Waals surface area contributed by atoms with Gasteiger partial charge < -0.3 is 19.9 Å². The average Bonchev–Trinajstić information content (AvgIpc) is 3.40. The van der Waals surface area contributed by atoms with Crippen molar-refractivity contribution in [3.63, 3.8) is 0 Å². The predicted molar refractivity (Wildman–Crippen MR) is 144 cm³/mol. The normalized spacial score (nSPS) is 16.4. The highest BCUT2D eigenvalue weighted by atomic mass is 16.5. The SMILES string of the molecule is CN(C)CCCNC(=O)c1cccc(-c2cn[nH]c2C2CCCN(CCOCc3ccccc3)C2)c1. The van der Waals surface area contributed by atoms with E-state index in [4.69, 9.17) is 4.74 Å². The first-order valence-electron chi connectivity index (χ1n) is 13.0. The summed E-state index contributed by atoms with van der Waals surface area (Å²) in [6, 6.07) is 18.2. The van der Waals surface area contributed by atoms with Crippen molar-refractivity contribution in [1.29, 1.82) is 0 Å². The Bertz CT molecular complexity index is 1080. The van der Waals surface area contributed by atoms with Gasteiger partial charge >= 0.3 is 0 Å². The van der Waals surface area contributed by atoms with Crippen LogP contribution in [0.25, 0.3) is 11.1 Å². The molecule has 1 amide bonds. The molecule has 36 heavy (non-hydrogen) atoms. The van der Waals surface area contributed by atoms with Crippen LogP contribution in [0.1, 0.15) is 46.8 Å². The Morgan fingerprint density at radius 1 is 1.19 bits per heavy atom. The summed E-state index contributed by atoms with van der Waals surface area (Å²) < 4.78 is 5.92. The van der Waals surface area contributed by atoms with Crippen molar-refractivity contribution in [3.8, 4) is 11.1 Å². The number of amides is 1. The predicted octanol–water partition coefficient (Wildman–Crippen LogP) is 4.15. The third kappa shape index (κ3) is 7.50. The molecule has 0 bridgehead atoms. The zero-order valence-electron chi connectivity index (χ0n) is 21.6. The molecule has 7 heteroatoms. The summed E-state index contributed by atoms with van der Waals surface area (Å²) in [5, 5.41) is 10.7. The number of hydrogen-bond acceptors (Lipinski definition) is 5. The van der Waals surface area contributed by atoms with E-state index in [2.05, 4.69) is 43.5 Å². The fraction of sp³-hybridized carbons (Fsp3) is 0.448. The highest BCUT2D eigenvalue weighted by molar-refractivity contribution is 5.95. The number of carbonyl (C=O) groups is 1. The molecule has 1 saturated heterocycles. The van der Waals surface area contributed by atoms with Crippen LogP contribution in [0.2, 0.25) is 0 Å². The van der Waals surface area contributed by atoms with Crippen molar-refractivity contribution in [3.05, 3.63) is 77.6 Å². The molecule has 0 spiro atoms. The van der Waals surface area contributed by atoms with Crippen LogP contribution in [0.5, 0.6) is 0 Å². The van der Waals surface area contributed by atoms with Gasteiger partial charge in [-0.05, 0) is 69.7 Å². The molecule has 1 atom stereocenters. The summed E-state index contributed by atoms with van der Waals surface area (Å²) in [6.07, 6.45) is 5.10. The molecule has 7 nitrogen and oxygen atoms in total. The summed E-state index contributed by atoms with van der Waals surface area (Å²) in [4.78, 5) is 17.3. The Labute approximate surface area is 214 Å². The number of piperidine rings is 1. The summed E-state index contributed by atoms with van der Waals surface area (Å²) >= 11 is 0. The van der Waals surface area contributed by atoms with Gasteiger partial charge in [0.25, 0.3) is 5.91 Å². The number of hydrogen-bond donors (Lipinski definition) is 2. The van der Waals surface area contributed by atoms with Crippen LogP contribution >= 0.6 is 0 Å². The van der Waals surface area contributed by atoms with E-state index in [1.807, 2.05) is 56.7 Å². The summed E-state index contributed by atoms with van der Waals surface area (Å²) in [5.74, 6) is 0.355. The number of benzene rings is 2. The number of likely N-dealkylation sites (tertiary alicyclic amines) is 1. The molecule has 1 fully saturated rings. The van der Waals surface area contributed by atoms with Gasteiger partial charge in [-0.3, -0.25) is 9.89 Å². The number of rotatable bonds is 12. The second-order valence-electron chi connectivity index (χ2n) is 9.87. The minimum atomic E-state index is -0.0278. The van der Waals surface area contributed by atoms with Crippen molar-refractivity contribution in [2.24, 2.45) is 0 Å². The summed E-state index contributed by atoms with van der Waals surface area (Å²) in [5.41, 5.74) is 5.17. The smallest absolute Gasteiger partial charge is 0.251 e. The Hall–Kier alpha value is -3.00. The maximum atomic E-state index is 12.7. The summed E-state index contributed by atoms with van der Waals surface area (Å²) in [6.45, 7) is 6.01. The molecule has 0 saturated carbocycles. The second-order valence-corrected chi connectivity index (χ2v) is 9.87. The van der Waals surface area contributed by atoms with Gasteiger partial charge in [0.05, 0.1) is 19.4 Å². The van der Waals surface area contributed by atoms with E-state index in [1.165, 1.54) is 5.56 Å². The van der Waals surface area contributed by atoms with Gasteiger partial charge in [0.1, 0.15) is 0 Å². The molecule has 0 aliphatic carbocycles. The van der Waals surface area contributed by atoms with Gasteiger partial charge in [0, 0.05) is 42.4 Å². The highest BCUT2D eigenvalue weighted by Gasteiger charge is 2.25. The van der Waals surface area contributed by atoms with E-state index < -0.39 is 0 Å². The van der Waals surface area contributed by atoms with E-state index >= 15 is 0 Å². The molecule has 2 N–H and O–H groups in total. The van der Waals surface area contributed by atoms with Crippen LogP contribution in [0.4, 0.5) is 0 Å². The first-order valence-corrected chi connectivity index (χ1v) is 13.0. The van der Waals surface area contributed by atoms with Gasteiger partial charge in [0.2, 0.25) is 0 Å². The van der Waals surface area contributed by atoms with E-state index in [1.54, 1.807) is 0 Å². The van der Waals surface area contributed by atoms with E-state index in [9.17, 15) is 4.79 Å². The lowest BCUT2D eigenvalue weighted by atomic mass is 9.90. The van der Waals surface area contributed by atoms with Crippen molar-refractivity contribution >= 4 is 5.91 Å². The van der Waals surface area contributed by atoms with Gasteiger partial charge in [-0.15, -0.1) is 0 Å². The average molecular weight is 490 g/mol. The van der Waals surface area contributed by atoms with Crippen LogP contribution in [0, 0.1) is 0 Å². The molecule has 2 heterocycles. The molecule has 192 valence electrons. The number of nitrogens with one attached hydrogen (secondary N) is 2. The van der Waals surface area contributed by atoms with Gasteiger partial charge in [-0.25, -0.2) is 0 Å². The minimum absolute atomic E-state index is 0.0278. The Morgan fingerprint density at radius 3 is 2.89 bits per heavy atom. The molecule has 2 aromatic carbocycles. The Kier molecular flexibility index (Phi) is 9.67. The fourth-order valence-corrected chi connectivity index (χ4v) is 4.82. The highest BCUT2D eigenvalue weighted by Crippen LogP contribution is 2.33. The van der Waals surface area contributed by atoms with Crippen LogP contribution in [0.3, 0.4) is 0 Å². The maximum Gasteiger partial charge on any atom is 0.251 e. The minimum Gasteiger partial charge on any atom is -0.375 e. The molecule has 1 aliphatic rings. The molecule has 1 aromatic heterocycles. The van der Waals surface area contributed by atoms with Gasteiger partial charge in [-0.2, -0.15) is 5.10 Å². The number of carbonyl (C=O) groups excluding carboxylic acids is 1. The zero-order chi connectivity index (χ0) is 25.2. The van der Waals surface area contributed by atoms with Gasteiger partial charge in [-0.1, -0.05) is 42.5 Å². The second kappa shape index (κ2) is 13.3. The number of aromatic amines is 1. The number of aromatic nitrogens is 2. The van der Waals surface area contributed by atoms with Crippen molar-refractivity contribution in [2.75, 3.05) is 53.4 Å². The standard InChI is InChI=1S/C29H39N5O2/c1-33(2)15-8-14-30-29(35)25-12-6-11-24(19-25)27-20-31-32-28(27)26-13-7-16-34(21-26)17-18-36-22-23-9-4-3-5-10-23/h3-6,9-12,19-20,26H,7-8,13-18,21-22H2,1-2H3,(H,30,35)(H,31,32). The van der Waals surface area contributed by atoms with Crippen LogP contribution in [-0.2, 0) is 11.3 Å². The lowest BCUT2D eigenvalue weighted by Gasteiger charge is -2.32. The van der Waals surface area contributed by atoms with Crippen LogP contribution < -0.4 is 5.32 Å². The first kappa shape index (κ1) is 26.1. The van der Waals surface area contributed by atoms with E-state index in [0.717, 1.165) is 68.9 Å². The molecule has 0 radical (unpaired) electrons. The molecular formula is C29H39N5O2. The molecule has 1 aliphatic heterocycles. The van der Waals surface area contributed by atoms with Crippen LogP contribution in [-0.4, -0.2) is 79.3 Å². The lowest BCUT2D eigenvalue weighted by molar-refractivity contribution is 0.0827. The quantitative estimate of drug-likeness (QED) is 0.374. The van der Waals surface area contributed by atoms with Crippen LogP contribution in [0.15, 0.2) is 60.8 Å².